The summed E-state index contributed by atoms with van der Waals surface area (Å²) in [7, 11) is 0. The van der Waals surface area contributed by atoms with Gasteiger partial charge in [-0.25, -0.2) is 9.59 Å². The van der Waals surface area contributed by atoms with E-state index in [4.69, 9.17) is 9.47 Å². The molecule has 0 bridgehead atoms. The summed E-state index contributed by atoms with van der Waals surface area (Å²) in [5.41, 5.74) is -16.1. The third-order valence-electron chi connectivity index (χ3n) is 6.90. The van der Waals surface area contributed by atoms with Crippen molar-refractivity contribution in [3.8, 4) is 11.5 Å². The number of carboxylic acids is 1. The van der Waals surface area contributed by atoms with Crippen LogP contribution in [0.3, 0.4) is 0 Å². The number of carbonyl (C=O) groups is 4. The van der Waals surface area contributed by atoms with Crippen molar-refractivity contribution in [3.05, 3.63) is 40.2 Å². The Morgan fingerprint density at radius 1 is 1.03 bits per heavy atom. The maximum absolute atomic E-state index is 13.6. The Balaban J connectivity index is 1.97. The van der Waals surface area contributed by atoms with Gasteiger partial charge in [0, 0.05) is 6.42 Å². The van der Waals surface area contributed by atoms with Crippen molar-refractivity contribution in [1.29, 1.82) is 0 Å². The zero-order valence-electron chi connectivity index (χ0n) is 20.5. The van der Waals surface area contributed by atoms with Gasteiger partial charge in [-0.1, -0.05) is 6.07 Å². The zero-order valence-corrected chi connectivity index (χ0v) is 20.5. The van der Waals surface area contributed by atoms with Gasteiger partial charge in [0.2, 0.25) is 11.4 Å². The number of Topliss-reactive ketones (excluding diaryl/α,β-unsaturated/α-hetero) is 2. The molecule has 1 saturated carbocycles. The normalized spacial score (nSPS) is 32.3. The lowest BCUT2D eigenvalue weighted by Gasteiger charge is -2.57. The summed E-state index contributed by atoms with van der Waals surface area (Å²) in [6.45, 7) is 4.54. The van der Waals surface area contributed by atoms with Crippen LogP contribution in [-0.2, 0) is 19.1 Å². The quantitative estimate of drug-likeness (QED) is 0.121. The fourth-order valence-electron chi connectivity index (χ4n) is 5.11. The van der Waals surface area contributed by atoms with Crippen LogP contribution < -0.4 is 4.74 Å². The number of phenols is 1. The maximum atomic E-state index is 13.6. The van der Waals surface area contributed by atoms with Crippen LogP contribution in [0.5, 0.6) is 11.5 Å². The second kappa shape index (κ2) is 8.24. The number of aliphatic hydroxyl groups is 7. The van der Waals surface area contributed by atoms with E-state index in [1.165, 1.54) is 20.8 Å². The molecule has 5 atom stereocenters. The first-order valence-electron chi connectivity index (χ1n) is 11.2. The average Bonchev–Trinajstić information content (AvgIpc) is 2.79. The second-order valence-electron chi connectivity index (χ2n) is 10.4. The van der Waals surface area contributed by atoms with Gasteiger partial charge in [0.25, 0.3) is 0 Å². The predicted octanol–water partition coefficient (Wildman–Crippen LogP) is -0.971. The monoisotopic (exact) mass is 552 g/mol. The molecule has 1 aromatic rings. The number of hydrogen-bond donors (Lipinski definition) is 9. The number of aromatic hydroxyl groups is 1. The molecule has 9 N–H and O–H groups in total. The van der Waals surface area contributed by atoms with Gasteiger partial charge >= 0.3 is 12.1 Å². The molecule has 1 fully saturated rings. The van der Waals surface area contributed by atoms with Crippen LogP contribution in [0.15, 0.2) is 29.0 Å². The summed E-state index contributed by atoms with van der Waals surface area (Å²) >= 11 is 0. The highest BCUT2D eigenvalue weighted by atomic mass is 16.7. The van der Waals surface area contributed by atoms with E-state index >= 15 is 0 Å². The van der Waals surface area contributed by atoms with Crippen molar-refractivity contribution in [2.75, 3.05) is 0 Å². The Bertz CT molecular complexity index is 1410. The molecule has 4 rings (SSSR count). The third-order valence-corrected chi connectivity index (χ3v) is 6.90. The van der Waals surface area contributed by atoms with E-state index in [0.29, 0.717) is 0 Å². The van der Waals surface area contributed by atoms with Gasteiger partial charge in [-0.15, -0.1) is 0 Å². The van der Waals surface area contributed by atoms with E-state index in [1.54, 1.807) is 0 Å². The number of phenolic OH excluding ortho intramolecular Hbond substituents is 1. The summed E-state index contributed by atoms with van der Waals surface area (Å²) in [6.07, 6.45) is -8.19. The lowest BCUT2D eigenvalue weighted by molar-refractivity contribution is -0.263. The predicted molar refractivity (Wildman–Crippen MR) is 122 cm³/mol. The Labute approximate surface area is 218 Å². The first-order valence-corrected chi connectivity index (χ1v) is 11.2. The number of benzene rings is 1. The van der Waals surface area contributed by atoms with E-state index in [2.05, 4.69) is 0 Å². The first kappa shape index (κ1) is 28.0. The molecule has 0 spiro atoms. The van der Waals surface area contributed by atoms with Crippen molar-refractivity contribution in [3.63, 3.8) is 0 Å². The molecule has 210 valence electrons. The van der Waals surface area contributed by atoms with Crippen LogP contribution in [0, 0.1) is 0 Å². The molecular formula is C24H24O15. The summed E-state index contributed by atoms with van der Waals surface area (Å²) in [5.74, 6) is -10.7. The molecule has 1 aromatic carbocycles. The fraction of sp³-hybridized carbons (Fsp3) is 0.417. The van der Waals surface area contributed by atoms with Gasteiger partial charge in [-0.3, -0.25) is 9.59 Å². The van der Waals surface area contributed by atoms with Crippen molar-refractivity contribution in [2.24, 2.45) is 0 Å². The molecule has 0 heterocycles. The fourth-order valence-corrected chi connectivity index (χ4v) is 5.11. The third kappa shape index (κ3) is 3.48. The standard InChI is InChI=1S/C24H24O15/c1-21(2,3)39-20(34)38-9-5-4-7-10(13(9)26)14(27)12-17(30)24(37)16(29)11(18(31)32)8(25)6-22(24,35)19(33)23(12,36)15(7)28/h4-5,15,19,26-29,33,35-37H,6H2,1-3H3,(H,31,32)/t15-,19+,22-,23+,24+/m1/s1. The number of rotatable bonds is 2. The van der Waals surface area contributed by atoms with Gasteiger partial charge in [0.05, 0.1) is 11.1 Å². The van der Waals surface area contributed by atoms with E-state index in [1.807, 2.05) is 0 Å². The van der Waals surface area contributed by atoms with Crippen molar-refractivity contribution in [2.45, 2.75) is 61.8 Å². The number of aliphatic hydroxyl groups excluding tert-OH is 4. The van der Waals surface area contributed by atoms with E-state index < -0.39 is 110 Å². The van der Waals surface area contributed by atoms with Crippen molar-refractivity contribution >= 4 is 29.5 Å². The largest absolute Gasteiger partial charge is 0.514 e. The van der Waals surface area contributed by atoms with Crippen molar-refractivity contribution < 1.29 is 74.6 Å². The summed E-state index contributed by atoms with van der Waals surface area (Å²) in [6, 6.07) is 1.82. The van der Waals surface area contributed by atoms with Crippen LogP contribution in [0.2, 0.25) is 0 Å². The zero-order chi connectivity index (χ0) is 29.6. The molecule has 0 aromatic heterocycles. The molecule has 15 nitrogen and oxygen atoms in total. The van der Waals surface area contributed by atoms with Gasteiger partial charge in [-0.2, -0.15) is 0 Å². The smallest absolute Gasteiger partial charge is 0.508 e. The Hall–Kier alpha value is -4.02. The number of fused-ring (bicyclic) bond motifs is 3. The molecule has 0 radical (unpaired) electrons. The number of carbonyl (C=O) groups excluding carboxylic acids is 3. The van der Waals surface area contributed by atoms with E-state index in [9.17, 15) is 65.1 Å². The summed E-state index contributed by atoms with van der Waals surface area (Å²) in [4.78, 5) is 49.5. The molecule has 3 aliphatic carbocycles. The molecule has 3 aliphatic rings. The van der Waals surface area contributed by atoms with Crippen molar-refractivity contribution in [1.82, 2.24) is 0 Å². The van der Waals surface area contributed by atoms with Crippen LogP contribution in [0.4, 0.5) is 4.79 Å². The lowest BCUT2D eigenvalue weighted by atomic mass is 9.53. The van der Waals surface area contributed by atoms with Gasteiger partial charge in [0.15, 0.2) is 28.6 Å². The minimum atomic E-state index is -3.82. The number of ketones is 2. The van der Waals surface area contributed by atoms with Gasteiger partial charge in [0.1, 0.15) is 34.7 Å². The SMILES string of the molecule is CC(C)(C)OC(=O)Oc1ccc2c(c1O)C(O)=C1C(=O)[C@@]3(O)C(O)=C(C(=O)O)C(=O)C[C@@]3(O)[C@H](O)[C@@]1(O)[C@@H]2O. The molecule has 0 saturated heterocycles. The van der Waals surface area contributed by atoms with Crippen LogP contribution in [-0.4, -0.2) is 98.2 Å². The molecule has 39 heavy (non-hydrogen) atoms. The summed E-state index contributed by atoms with van der Waals surface area (Å²) < 4.78 is 9.87. The average molecular weight is 552 g/mol. The number of aliphatic carboxylic acids is 1. The maximum Gasteiger partial charge on any atom is 0.514 e. The molecule has 0 unspecified atom stereocenters. The second-order valence-corrected chi connectivity index (χ2v) is 10.4. The Kier molecular flexibility index (Phi) is 5.91. The molecule has 0 amide bonds. The number of ether oxygens (including phenoxy) is 2. The highest BCUT2D eigenvalue weighted by Crippen LogP contribution is 2.59. The van der Waals surface area contributed by atoms with E-state index in [-0.39, 0.29) is 0 Å². The van der Waals surface area contributed by atoms with Gasteiger partial charge < -0.3 is 55.4 Å². The minimum Gasteiger partial charge on any atom is -0.508 e. The topological polar surface area (TPSA) is 269 Å². The number of hydrogen-bond acceptors (Lipinski definition) is 14. The Morgan fingerprint density at radius 3 is 2.15 bits per heavy atom. The lowest BCUT2D eigenvalue weighted by Crippen LogP contribution is -2.80. The van der Waals surface area contributed by atoms with E-state index in [0.717, 1.165) is 12.1 Å². The molecule has 0 aliphatic heterocycles. The first-order chi connectivity index (χ1) is 17.7. The highest BCUT2D eigenvalue weighted by molar-refractivity contribution is 6.22. The molecule has 15 heteroatoms. The minimum absolute atomic E-state index is 0.568. The van der Waals surface area contributed by atoms with Crippen LogP contribution in [0.1, 0.15) is 44.4 Å². The Morgan fingerprint density at radius 2 is 1.62 bits per heavy atom. The van der Waals surface area contributed by atoms with Crippen LogP contribution in [0.25, 0.3) is 5.76 Å². The van der Waals surface area contributed by atoms with Crippen LogP contribution >= 0.6 is 0 Å². The number of carboxylic acid groups (broad SMARTS) is 1. The summed E-state index contributed by atoms with van der Waals surface area (Å²) in [5, 5.41) is 97.4. The molecular weight excluding hydrogens is 528 g/mol. The highest BCUT2D eigenvalue weighted by Gasteiger charge is 2.77. The van der Waals surface area contributed by atoms with Gasteiger partial charge in [-0.05, 0) is 32.4 Å².